The Labute approximate surface area is 321 Å². The molecule has 0 rings (SSSR count). The highest BCUT2D eigenvalue weighted by Gasteiger charge is 2.07. The molecule has 0 fully saturated rings. The quantitative estimate of drug-likeness (QED) is 0.0554. The summed E-state index contributed by atoms with van der Waals surface area (Å²) in [5.41, 5.74) is 0. The van der Waals surface area contributed by atoms with Crippen LogP contribution in [0.5, 0.6) is 0 Å². The predicted octanol–water partition coefficient (Wildman–Crippen LogP) is 19.6. The van der Waals surface area contributed by atoms with Gasteiger partial charge in [-0.2, -0.15) is 0 Å². The summed E-state index contributed by atoms with van der Waals surface area (Å²) >= 11 is 0. The summed E-state index contributed by atoms with van der Waals surface area (Å²) in [6.07, 6.45) is 68.3. The second-order valence-electron chi connectivity index (χ2n) is 17.4. The van der Waals surface area contributed by atoms with E-state index in [9.17, 15) is 0 Å². The van der Waals surface area contributed by atoms with Gasteiger partial charge in [-0.15, -0.1) is 0 Å². The van der Waals surface area contributed by atoms with E-state index in [0.29, 0.717) is 0 Å². The van der Waals surface area contributed by atoms with Crippen molar-refractivity contribution in [1.82, 2.24) is 0 Å². The average Bonchev–Trinajstić information content (AvgIpc) is 3.12. The van der Waals surface area contributed by atoms with Gasteiger partial charge in [0.05, 0.1) is 0 Å². The summed E-state index contributed by atoms with van der Waals surface area (Å²) in [5.74, 6) is 1.03. The zero-order chi connectivity index (χ0) is 36.1. The number of unbranched alkanes of at least 4 members (excludes halogenated alkanes) is 40. The van der Waals surface area contributed by atoms with Crippen LogP contribution in [0.4, 0.5) is 0 Å². The van der Waals surface area contributed by atoms with Gasteiger partial charge in [-0.1, -0.05) is 316 Å². The lowest BCUT2D eigenvalue weighted by atomic mass is 9.90. The molecule has 0 aliphatic heterocycles. The molecule has 302 valence electrons. The van der Waals surface area contributed by atoms with Crippen molar-refractivity contribution >= 4 is 0 Å². The van der Waals surface area contributed by atoms with E-state index in [2.05, 4.69) is 20.8 Å². The molecule has 0 aromatic rings. The van der Waals surface area contributed by atoms with E-state index >= 15 is 0 Å². The zero-order valence-corrected chi connectivity index (χ0v) is 36.1. The summed E-state index contributed by atoms with van der Waals surface area (Å²) in [4.78, 5) is 0. The van der Waals surface area contributed by atoms with Crippen molar-refractivity contribution in [1.29, 1.82) is 0 Å². The maximum absolute atomic E-state index is 2.41. The van der Waals surface area contributed by atoms with Crippen LogP contribution in [-0.2, 0) is 0 Å². The minimum atomic E-state index is 1.03. The Kier molecular flexibility index (Phi) is 47.0. The average molecular weight is 703 g/mol. The predicted molar refractivity (Wildman–Crippen MR) is 233 cm³/mol. The van der Waals surface area contributed by atoms with Gasteiger partial charge >= 0.3 is 0 Å². The first-order chi connectivity index (χ1) is 24.8. The fraction of sp³-hybridized carbons (Fsp3) is 1.00. The third kappa shape index (κ3) is 44.2. The van der Waals surface area contributed by atoms with E-state index in [4.69, 9.17) is 0 Å². The summed E-state index contributed by atoms with van der Waals surface area (Å²) < 4.78 is 0. The van der Waals surface area contributed by atoms with Crippen molar-refractivity contribution in [2.24, 2.45) is 5.92 Å². The summed E-state index contributed by atoms with van der Waals surface area (Å²) in [6.45, 7) is 7.03. The maximum atomic E-state index is 2.41. The first-order valence-corrected chi connectivity index (χ1v) is 24.8. The van der Waals surface area contributed by atoms with E-state index in [1.165, 1.54) is 295 Å². The van der Waals surface area contributed by atoms with Gasteiger partial charge in [0.15, 0.2) is 0 Å². The number of rotatable bonds is 46. The molecule has 0 amide bonds. The molecule has 0 aromatic heterocycles. The Balaban J connectivity index is 3.32. The largest absolute Gasteiger partial charge is 0.0654 e. The molecule has 0 saturated heterocycles. The highest BCUT2D eigenvalue weighted by molar-refractivity contribution is 4.61. The molecule has 0 bridgehead atoms. The Hall–Kier alpha value is 0. The first kappa shape index (κ1) is 50.0. The number of hydrogen-bond acceptors (Lipinski definition) is 0. The summed E-state index contributed by atoms with van der Waals surface area (Å²) in [5, 5.41) is 0. The third-order valence-corrected chi connectivity index (χ3v) is 12.1. The van der Waals surface area contributed by atoms with Crippen LogP contribution in [0.15, 0.2) is 0 Å². The molecule has 1 atom stereocenters. The molecule has 50 heavy (non-hydrogen) atoms. The molecular weight excluding hydrogens is 601 g/mol. The summed E-state index contributed by atoms with van der Waals surface area (Å²) in [6, 6.07) is 0. The first-order valence-electron chi connectivity index (χ1n) is 24.8. The lowest BCUT2D eigenvalue weighted by Gasteiger charge is -2.16. The van der Waals surface area contributed by atoms with Crippen LogP contribution in [0.1, 0.15) is 316 Å². The maximum Gasteiger partial charge on any atom is -0.0414 e. The van der Waals surface area contributed by atoms with Crippen molar-refractivity contribution < 1.29 is 0 Å². The van der Waals surface area contributed by atoms with E-state index in [-0.39, 0.29) is 0 Å². The van der Waals surface area contributed by atoms with Crippen LogP contribution in [-0.4, -0.2) is 0 Å². The summed E-state index contributed by atoms with van der Waals surface area (Å²) in [7, 11) is 0. The topological polar surface area (TPSA) is 0 Å². The van der Waals surface area contributed by atoms with Gasteiger partial charge in [0.1, 0.15) is 0 Å². The molecule has 1 unspecified atom stereocenters. The SMILES string of the molecule is CCCCCCCCCCCCCCCCCCCCCCCCC(CCC)CCCCCCCCCCCCCCCCCCCCCC. The molecule has 0 heteroatoms. The van der Waals surface area contributed by atoms with Gasteiger partial charge in [-0.05, 0) is 5.92 Å². The Morgan fingerprint density at radius 3 is 0.480 bits per heavy atom. The molecule has 0 radical (unpaired) electrons. The second-order valence-corrected chi connectivity index (χ2v) is 17.4. The van der Waals surface area contributed by atoms with Crippen molar-refractivity contribution in [3.8, 4) is 0 Å². The van der Waals surface area contributed by atoms with Gasteiger partial charge < -0.3 is 0 Å². The number of hydrogen-bond donors (Lipinski definition) is 0. The Morgan fingerprint density at radius 2 is 0.320 bits per heavy atom. The lowest BCUT2D eigenvalue weighted by molar-refractivity contribution is 0.376. The zero-order valence-electron chi connectivity index (χ0n) is 36.1. The second kappa shape index (κ2) is 47.0. The fourth-order valence-electron chi connectivity index (χ4n) is 8.57. The molecule has 0 saturated carbocycles. The van der Waals surface area contributed by atoms with Crippen LogP contribution in [0.2, 0.25) is 0 Å². The van der Waals surface area contributed by atoms with Gasteiger partial charge in [-0.25, -0.2) is 0 Å². The lowest BCUT2D eigenvalue weighted by Crippen LogP contribution is -2.00. The highest BCUT2D eigenvalue weighted by atomic mass is 14.1. The minimum absolute atomic E-state index is 1.03. The molecule has 0 aliphatic rings. The molecule has 0 aliphatic carbocycles. The van der Waals surface area contributed by atoms with Crippen LogP contribution in [0.3, 0.4) is 0 Å². The molecule has 0 aromatic carbocycles. The van der Waals surface area contributed by atoms with Gasteiger partial charge in [0, 0.05) is 0 Å². The smallest absolute Gasteiger partial charge is 0.0414 e. The molecule has 0 spiro atoms. The van der Waals surface area contributed by atoms with Crippen LogP contribution in [0.25, 0.3) is 0 Å². The Bertz CT molecular complexity index is 550. The van der Waals surface area contributed by atoms with Crippen LogP contribution >= 0.6 is 0 Å². The Morgan fingerprint density at radius 1 is 0.160 bits per heavy atom. The van der Waals surface area contributed by atoms with E-state index in [0.717, 1.165) is 5.92 Å². The third-order valence-electron chi connectivity index (χ3n) is 12.1. The fourth-order valence-corrected chi connectivity index (χ4v) is 8.57. The van der Waals surface area contributed by atoms with Gasteiger partial charge in [0.25, 0.3) is 0 Å². The monoisotopic (exact) mass is 703 g/mol. The van der Waals surface area contributed by atoms with Crippen LogP contribution in [0, 0.1) is 5.92 Å². The normalized spacial score (nSPS) is 12.3. The van der Waals surface area contributed by atoms with Crippen molar-refractivity contribution in [3.05, 3.63) is 0 Å². The van der Waals surface area contributed by atoms with E-state index in [1.54, 1.807) is 0 Å². The molecular formula is C50H102. The van der Waals surface area contributed by atoms with E-state index < -0.39 is 0 Å². The van der Waals surface area contributed by atoms with Crippen LogP contribution < -0.4 is 0 Å². The standard InChI is InChI=1S/C50H102/c1-4-7-9-11-13-15-17-19-21-23-25-27-28-30-32-34-36-38-40-42-44-46-49-50(47-6-3)48-45-43-41-39-37-35-33-31-29-26-24-22-20-18-16-14-12-10-8-5-2/h50H,4-49H2,1-3H3. The minimum Gasteiger partial charge on any atom is -0.0654 e. The van der Waals surface area contributed by atoms with Crippen molar-refractivity contribution in [2.75, 3.05) is 0 Å². The highest BCUT2D eigenvalue weighted by Crippen LogP contribution is 2.24. The van der Waals surface area contributed by atoms with Gasteiger partial charge in [-0.3, -0.25) is 0 Å². The molecule has 0 nitrogen and oxygen atoms in total. The van der Waals surface area contributed by atoms with E-state index in [1.807, 2.05) is 0 Å². The molecule has 0 N–H and O–H groups in total. The van der Waals surface area contributed by atoms with Crippen molar-refractivity contribution in [3.63, 3.8) is 0 Å². The van der Waals surface area contributed by atoms with Gasteiger partial charge in [0.2, 0.25) is 0 Å². The van der Waals surface area contributed by atoms with Crippen molar-refractivity contribution in [2.45, 2.75) is 316 Å². The molecule has 0 heterocycles.